The van der Waals surface area contributed by atoms with Gasteiger partial charge in [-0.3, -0.25) is 14.4 Å². The van der Waals surface area contributed by atoms with E-state index in [2.05, 4.69) is 5.32 Å². The van der Waals surface area contributed by atoms with Gasteiger partial charge in [-0.1, -0.05) is 42.5 Å². The summed E-state index contributed by atoms with van der Waals surface area (Å²) >= 11 is 0. The quantitative estimate of drug-likeness (QED) is 0.707. The highest BCUT2D eigenvalue weighted by atomic mass is 16.5. The van der Waals surface area contributed by atoms with E-state index in [4.69, 9.17) is 4.74 Å². The van der Waals surface area contributed by atoms with Gasteiger partial charge in [-0.05, 0) is 36.1 Å². The Kier molecular flexibility index (Phi) is 6.32. The second-order valence-corrected chi connectivity index (χ2v) is 8.06. The van der Waals surface area contributed by atoms with E-state index in [1.54, 1.807) is 29.2 Å². The molecule has 2 aliphatic rings. The molecule has 0 saturated carbocycles. The molecule has 2 aromatic carbocycles. The second-order valence-electron chi connectivity index (χ2n) is 8.06. The number of benzene rings is 2. The standard InChI is InChI=1S/C24H26N2O5/c27-18-9-6-17(7-10-18)14-19(25-22(29)11-8-16-4-2-1-3-5-16)24(30)26-13-12-21-23(26)20(28)15-31-21/h1-7,9-10,19,21,23,27H,8,11-15H2,(H,25,29)/t19-,21+,23+/m0/s1. The van der Waals surface area contributed by atoms with Crippen molar-refractivity contribution >= 4 is 17.6 Å². The number of nitrogens with one attached hydrogen (secondary N) is 1. The summed E-state index contributed by atoms with van der Waals surface area (Å²) in [5, 5.41) is 12.4. The molecule has 7 heteroatoms. The van der Waals surface area contributed by atoms with Gasteiger partial charge in [0.1, 0.15) is 24.4 Å². The molecular weight excluding hydrogens is 396 g/mol. The van der Waals surface area contributed by atoms with Gasteiger partial charge in [0.25, 0.3) is 0 Å². The molecule has 0 aromatic heterocycles. The number of phenols is 1. The van der Waals surface area contributed by atoms with Crippen LogP contribution >= 0.6 is 0 Å². The monoisotopic (exact) mass is 422 g/mol. The first-order valence-corrected chi connectivity index (χ1v) is 10.6. The van der Waals surface area contributed by atoms with Crippen LogP contribution in [0.2, 0.25) is 0 Å². The molecular formula is C24H26N2O5. The molecule has 4 rings (SSSR count). The number of hydrogen-bond donors (Lipinski definition) is 2. The van der Waals surface area contributed by atoms with E-state index in [-0.39, 0.29) is 48.9 Å². The first-order chi connectivity index (χ1) is 15.0. The van der Waals surface area contributed by atoms with Crippen molar-refractivity contribution in [2.75, 3.05) is 13.2 Å². The molecule has 2 aromatic rings. The third-order valence-electron chi connectivity index (χ3n) is 5.89. The zero-order valence-electron chi connectivity index (χ0n) is 17.2. The van der Waals surface area contributed by atoms with Gasteiger partial charge in [-0.15, -0.1) is 0 Å². The molecule has 31 heavy (non-hydrogen) atoms. The number of rotatable bonds is 7. The van der Waals surface area contributed by atoms with E-state index in [0.29, 0.717) is 19.4 Å². The fourth-order valence-electron chi connectivity index (χ4n) is 4.28. The Labute approximate surface area is 181 Å². The Morgan fingerprint density at radius 2 is 1.84 bits per heavy atom. The molecule has 0 bridgehead atoms. The minimum atomic E-state index is -0.792. The normalized spacial score (nSPS) is 21.0. The van der Waals surface area contributed by atoms with Gasteiger partial charge in [0.15, 0.2) is 5.78 Å². The predicted molar refractivity (Wildman–Crippen MR) is 113 cm³/mol. The van der Waals surface area contributed by atoms with Crippen molar-refractivity contribution in [1.82, 2.24) is 10.2 Å². The number of ketones is 1. The van der Waals surface area contributed by atoms with Crippen molar-refractivity contribution in [2.45, 2.75) is 43.9 Å². The molecule has 2 N–H and O–H groups in total. The fourth-order valence-corrected chi connectivity index (χ4v) is 4.28. The zero-order chi connectivity index (χ0) is 21.8. The van der Waals surface area contributed by atoms with Crippen LogP contribution in [-0.4, -0.2) is 58.9 Å². The first kappa shape index (κ1) is 21.1. The molecule has 2 aliphatic heterocycles. The number of ether oxygens (including phenoxy) is 1. The number of fused-ring (bicyclic) bond motifs is 1. The molecule has 2 saturated heterocycles. The molecule has 162 valence electrons. The number of nitrogens with zero attached hydrogens (tertiary/aromatic N) is 1. The minimum absolute atomic E-state index is 0.0329. The van der Waals surface area contributed by atoms with Crippen molar-refractivity contribution in [2.24, 2.45) is 0 Å². The number of hydrogen-bond acceptors (Lipinski definition) is 5. The van der Waals surface area contributed by atoms with Gasteiger partial charge in [0, 0.05) is 19.4 Å². The number of carbonyl (C=O) groups is 3. The average Bonchev–Trinajstić information content (AvgIpc) is 3.36. The lowest BCUT2D eigenvalue weighted by Gasteiger charge is -2.27. The summed E-state index contributed by atoms with van der Waals surface area (Å²) in [6.45, 7) is 0.469. The molecule has 7 nitrogen and oxygen atoms in total. The molecule has 2 fully saturated rings. The van der Waals surface area contributed by atoms with Crippen LogP contribution in [0, 0.1) is 0 Å². The number of aromatic hydroxyl groups is 1. The van der Waals surface area contributed by atoms with Crippen LogP contribution in [0.25, 0.3) is 0 Å². The van der Waals surface area contributed by atoms with Crippen LogP contribution < -0.4 is 5.32 Å². The van der Waals surface area contributed by atoms with Crippen LogP contribution in [-0.2, 0) is 32.0 Å². The second kappa shape index (κ2) is 9.31. The smallest absolute Gasteiger partial charge is 0.246 e. The highest BCUT2D eigenvalue weighted by Crippen LogP contribution is 2.28. The molecule has 2 amide bonds. The lowest BCUT2D eigenvalue weighted by molar-refractivity contribution is -0.139. The van der Waals surface area contributed by atoms with Gasteiger partial charge in [0.05, 0.1) is 6.10 Å². The summed E-state index contributed by atoms with van der Waals surface area (Å²) in [6.07, 6.45) is 1.49. The number of amides is 2. The Morgan fingerprint density at radius 1 is 1.10 bits per heavy atom. The highest BCUT2D eigenvalue weighted by molar-refractivity contribution is 5.95. The number of Topliss-reactive ketones (excluding diaryl/α,β-unsaturated/α-hetero) is 1. The van der Waals surface area contributed by atoms with E-state index in [9.17, 15) is 19.5 Å². The lowest BCUT2D eigenvalue weighted by Crippen LogP contribution is -2.53. The maximum Gasteiger partial charge on any atom is 0.246 e. The SMILES string of the molecule is O=C(CCc1ccccc1)N[C@@H](Cc1ccc(O)cc1)C(=O)N1CC[C@H]2OCC(=O)[C@H]21. The molecule has 0 spiro atoms. The minimum Gasteiger partial charge on any atom is -0.508 e. The molecule has 3 atom stereocenters. The summed E-state index contributed by atoms with van der Waals surface area (Å²) in [6, 6.07) is 14.9. The van der Waals surface area contributed by atoms with Crippen molar-refractivity contribution in [1.29, 1.82) is 0 Å². The number of likely N-dealkylation sites (tertiary alicyclic amines) is 1. The van der Waals surface area contributed by atoms with E-state index in [1.807, 2.05) is 30.3 Å². The van der Waals surface area contributed by atoms with E-state index >= 15 is 0 Å². The summed E-state index contributed by atoms with van der Waals surface area (Å²) in [5.74, 6) is -0.442. The van der Waals surface area contributed by atoms with Crippen molar-refractivity contribution in [3.63, 3.8) is 0 Å². The molecule has 0 unspecified atom stereocenters. The third kappa shape index (κ3) is 4.94. The maximum atomic E-state index is 13.4. The van der Waals surface area contributed by atoms with Crippen LogP contribution in [0.3, 0.4) is 0 Å². The van der Waals surface area contributed by atoms with Gasteiger partial charge < -0.3 is 20.1 Å². The van der Waals surface area contributed by atoms with E-state index < -0.39 is 12.1 Å². The number of aryl methyl sites for hydroxylation is 1. The van der Waals surface area contributed by atoms with Crippen LogP contribution in [0.1, 0.15) is 24.0 Å². The topological polar surface area (TPSA) is 95.9 Å². The number of phenolic OH excluding ortho intramolecular Hbond substituents is 1. The molecule has 0 aliphatic carbocycles. The van der Waals surface area contributed by atoms with Crippen molar-refractivity contribution in [3.05, 3.63) is 65.7 Å². The highest BCUT2D eigenvalue weighted by Gasteiger charge is 2.48. The largest absolute Gasteiger partial charge is 0.508 e. The lowest BCUT2D eigenvalue weighted by atomic mass is 10.0. The van der Waals surface area contributed by atoms with Gasteiger partial charge >= 0.3 is 0 Å². The van der Waals surface area contributed by atoms with Gasteiger partial charge in [-0.2, -0.15) is 0 Å². The van der Waals surface area contributed by atoms with Gasteiger partial charge in [0.2, 0.25) is 11.8 Å². The van der Waals surface area contributed by atoms with E-state index in [0.717, 1.165) is 11.1 Å². The Hall–Kier alpha value is -3.19. The Morgan fingerprint density at radius 3 is 2.58 bits per heavy atom. The maximum absolute atomic E-state index is 13.4. The Balaban J connectivity index is 1.47. The predicted octanol–water partition coefficient (Wildman–Crippen LogP) is 1.62. The fraction of sp³-hybridized carbons (Fsp3) is 0.375. The van der Waals surface area contributed by atoms with Crippen LogP contribution in [0.4, 0.5) is 0 Å². The van der Waals surface area contributed by atoms with Crippen LogP contribution in [0.5, 0.6) is 5.75 Å². The van der Waals surface area contributed by atoms with Crippen molar-refractivity contribution in [3.8, 4) is 5.75 Å². The third-order valence-corrected chi connectivity index (χ3v) is 5.89. The summed E-state index contributed by atoms with van der Waals surface area (Å²) in [5.41, 5.74) is 1.86. The Bertz CT molecular complexity index is 944. The van der Waals surface area contributed by atoms with Gasteiger partial charge in [-0.25, -0.2) is 0 Å². The summed E-state index contributed by atoms with van der Waals surface area (Å²) in [7, 11) is 0. The number of carbonyl (C=O) groups excluding carboxylic acids is 3. The molecule has 0 radical (unpaired) electrons. The van der Waals surface area contributed by atoms with E-state index in [1.165, 1.54) is 0 Å². The first-order valence-electron chi connectivity index (χ1n) is 10.6. The molecule has 2 heterocycles. The summed E-state index contributed by atoms with van der Waals surface area (Å²) in [4.78, 5) is 39.8. The summed E-state index contributed by atoms with van der Waals surface area (Å²) < 4.78 is 5.49. The zero-order valence-corrected chi connectivity index (χ0v) is 17.2. The van der Waals surface area contributed by atoms with Crippen LogP contribution in [0.15, 0.2) is 54.6 Å². The average molecular weight is 422 g/mol. The van der Waals surface area contributed by atoms with Crippen molar-refractivity contribution < 1.29 is 24.2 Å².